The summed E-state index contributed by atoms with van der Waals surface area (Å²) in [6.07, 6.45) is 0. The van der Waals surface area contributed by atoms with Crippen LogP contribution in [0.4, 0.5) is 0 Å². The van der Waals surface area contributed by atoms with Gasteiger partial charge in [-0.25, -0.2) is 4.79 Å². The summed E-state index contributed by atoms with van der Waals surface area (Å²) in [6.45, 7) is 16.0. The van der Waals surface area contributed by atoms with E-state index in [2.05, 4.69) is 44.0 Å². The second kappa shape index (κ2) is 13.6. The van der Waals surface area contributed by atoms with Crippen molar-refractivity contribution in [2.75, 3.05) is 72.2 Å². The van der Waals surface area contributed by atoms with Crippen LogP contribution in [-0.4, -0.2) is 118 Å². The first kappa shape index (κ1) is 30.0. The third-order valence-electron chi connectivity index (χ3n) is 8.11. The number of phenols is 2. The molecule has 5 rings (SSSR count). The molecule has 2 saturated heterocycles. The van der Waals surface area contributed by atoms with Crippen LogP contribution in [0.25, 0.3) is 17.1 Å². The number of ether oxygens (including phenoxy) is 2. The number of morpholine rings is 1. The Kier molecular flexibility index (Phi) is 9.73. The molecule has 0 aliphatic carbocycles. The number of hydrogen-bond donors (Lipinski definition) is 2. The average Bonchev–Trinajstić information content (AvgIpc) is 3.43. The average molecular weight is 579 g/mol. The number of piperazine rings is 1. The highest BCUT2D eigenvalue weighted by atomic mass is 16.5. The van der Waals surface area contributed by atoms with E-state index in [1.54, 1.807) is 10.6 Å². The van der Waals surface area contributed by atoms with Crippen molar-refractivity contribution in [3.8, 4) is 28.6 Å². The van der Waals surface area contributed by atoms with E-state index in [1.165, 1.54) is 11.6 Å². The van der Waals surface area contributed by atoms with Gasteiger partial charge >= 0.3 is 5.97 Å². The van der Waals surface area contributed by atoms with Gasteiger partial charge in [0.15, 0.2) is 5.82 Å². The van der Waals surface area contributed by atoms with Gasteiger partial charge in [-0.15, -0.1) is 10.2 Å². The molecule has 11 nitrogen and oxygen atoms in total. The minimum atomic E-state index is -0.595. The van der Waals surface area contributed by atoms with Gasteiger partial charge in [0.05, 0.1) is 18.8 Å². The van der Waals surface area contributed by atoms with Crippen molar-refractivity contribution in [3.05, 3.63) is 53.3 Å². The topological polar surface area (TPSA) is 116 Å². The highest BCUT2D eigenvalue weighted by Gasteiger charge is 2.26. The second-order valence-corrected chi connectivity index (χ2v) is 11.2. The summed E-state index contributed by atoms with van der Waals surface area (Å²) in [4.78, 5) is 20.4. The Hall–Kier alpha value is -3.51. The van der Waals surface area contributed by atoms with Crippen LogP contribution in [0, 0.1) is 0 Å². The van der Waals surface area contributed by atoms with E-state index >= 15 is 0 Å². The van der Waals surface area contributed by atoms with E-state index in [4.69, 9.17) is 9.47 Å². The van der Waals surface area contributed by atoms with Crippen LogP contribution >= 0.6 is 0 Å². The molecule has 0 atom stereocenters. The minimum absolute atomic E-state index is 0.00354. The lowest BCUT2D eigenvalue weighted by Gasteiger charge is -2.34. The zero-order valence-corrected chi connectivity index (χ0v) is 24.8. The molecular weight excluding hydrogens is 536 g/mol. The summed E-state index contributed by atoms with van der Waals surface area (Å²) in [7, 11) is 0. The van der Waals surface area contributed by atoms with Crippen molar-refractivity contribution < 1.29 is 24.5 Å². The maximum absolute atomic E-state index is 13.3. The molecule has 0 unspecified atom stereocenters. The molecule has 226 valence electrons. The first-order chi connectivity index (χ1) is 20.3. The van der Waals surface area contributed by atoms with E-state index in [1.807, 2.05) is 26.0 Å². The highest BCUT2D eigenvalue weighted by Crippen LogP contribution is 2.38. The van der Waals surface area contributed by atoms with Gasteiger partial charge in [-0.3, -0.25) is 14.4 Å². The number of nitrogens with zero attached hydrogens (tertiary/aromatic N) is 6. The largest absolute Gasteiger partial charge is 0.508 e. The molecule has 11 heteroatoms. The molecule has 2 aliphatic heterocycles. The third-order valence-corrected chi connectivity index (χ3v) is 8.11. The normalized spacial score (nSPS) is 17.1. The Morgan fingerprint density at radius 2 is 1.62 bits per heavy atom. The number of esters is 1. The van der Waals surface area contributed by atoms with Crippen molar-refractivity contribution in [1.29, 1.82) is 0 Å². The summed E-state index contributed by atoms with van der Waals surface area (Å²) in [6, 6.07) is 11.0. The molecule has 42 heavy (non-hydrogen) atoms. The molecule has 2 N–H and O–H groups in total. The van der Waals surface area contributed by atoms with Gasteiger partial charge in [0, 0.05) is 64.1 Å². The van der Waals surface area contributed by atoms with E-state index in [-0.39, 0.29) is 35.7 Å². The summed E-state index contributed by atoms with van der Waals surface area (Å²) in [5, 5.41) is 29.8. The quantitative estimate of drug-likeness (QED) is 0.348. The zero-order valence-electron chi connectivity index (χ0n) is 24.8. The number of rotatable bonds is 10. The van der Waals surface area contributed by atoms with Gasteiger partial charge in [0.25, 0.3) is 0 Å². The Morgan fingerprint density at radius 1 is 0.929 bits per heavy atom. The lowest BCUT2D eigenvalue weighted by Crippen LogP contribution is -2.45. The number of phenolic OH excluding ortho intramolecular Hbond substituents is 2. The number of aromatic hydroxyl groups is 2. The number of aromatic nitrogens is 3. The van der Waals surface area contributed by atoms with Crippen LogP contribution < -0.4 is 0 Å². The van der Waals surface area contributed by atoms with Crippen LogP contribution in [0.3, 0.4) is 0 Å². The van der Waals surface area contributed by atoms with Crippen molar-refractivity contribution in [3.63, 3.8) is 0 Å². The molecule has 3 aromatic rings. The van der Waals surface area contributed by atoms with Crippen LogP contribution in [0.5, 0.6) is 11.5 Å². The molecule has 2 aliphatic rings. The molecular formula is C31H42N6O5. The summed E-state index contributed by atoms with van der Waals surface area (Å²) >= 11 is 0. The molecule has 0 bridgehead atoms. The van der Waals surface area contributed by atoms with E-state index < -0.39 is 5.97 Å². The first-order valence-electron chi connectivity index (χ1n) is 14.9. The maximum Gasteiger partial charge on any atom is 0.376 e. The van der Waals surface area contributed by atoms with Crippen molar-refractivity contribution in [2.45, 2.75) is 33.2 Å². The fourth-order valence-electron chi connectivity index (χ4n) is 5.50. The van der Waals surface area contributed by atoms with Gasteiger partial charge in [-0.1, -0.05) is 32.9 Å². The molecule has 0 amide bonds. The fraction of sp³-hybridized carbons (Fsp3) is 0.516. The van der Waals surface area contributed by atoms with Gasteiger partial charge in [-0.05, 0) is 41.8 Å². The van der Waals surface area contributed by atoms with E-state index in [0.717, 1.165) is 52.4 Å². The lowest BCUT2D eigenvalue weighted by molar-refractivity contribution is 0.0189. The summed E-state index contributed by atoms with van der Waals surface area (Å²) < 4.78 is 12.7. The molecule has 1 aromatic heterocycles. The van der Waals surface area contributed by atoms with Crippen LogP contribution in [0.2, 0.25) is 0 Å². The van der Waals surface area contributed by atoms with Gasteiger partial charge < -0.3 is 24.6 Å². The Morgan fingerprint density at radius 3 is 2.29 bits per heavy atom. The van der Waals surface area contributed by atoms with Crippen molar-refractivity contribution >= 4 is 5.97 Å². The monoisotopic (exact) mass is 578 g/mol. The Labute approximate surface area is 247 Å². The van der Waals surface area contributed by atoms with Gasteiger partial charge in [-0.2, -0.15) is 0 Å². The summed E-state index contributed by atoms with van der Waals surface area (Å²) in [5.41, 5.74) is 2.87. The summed E-state index contributed by atoms with van der Waals surface area (Å²) in [5.74, 6) is -0.428. The first-order valence-corrected chi connectivity index (χ1v) is 14.9. The predicted molar refractivity (Wildman–Crippen MR) is 159 cm³/mol. The molecule has 0 saturated carbocycles. The van der Waals surface area contributed by atoms with Crippen molar-refractivity contribution in [1.82, 2.24) is 29.5 Å². The van der Waals surface area contributed by atoms with Gasteiger partial charge in [0.1, 0.15) is 18.1 Å². The Balaban J connectivity index is 1.42. The SMILES string of the molecule is CCN1CCN(Cc2ccc(-n3c(C(=O)OCCN4CCOCC4)nnc3-c3cc(C(C)C)c(O)cc3O)cc2)CC1. The zero-order chi connectivity index (χ0) is 29.6. The second-order valence-electron chi connectivity index (χ2n) is 11.2. The highest BCUT2D eigenvalue weighted by molar-refractivity contribution is 5.87. The van der Waals surface area contributed by atoms with Crippen LogP contribution in [-0.2, 0) is 16.0 Å². The van der Waals surface area contributed by atoms with Crippen molar-refractivity contribution in [2.24, 2.45) is 0 Å². The molecule has 3 heterocycles. The smallest absolute Gasteiger partial charge is 0.376 e. The number of hydrogen-bond acceptors (Lipinski definition) is 10. The van der Waals surface area contributed by atoms with Crippen LogP contribution in [0.15, 0.2) is 36.4 Å². The standard InChI is InChI=1S/C31H42N6O5/c1-4-34-9-11-36(12-10-34)21-23-5-7-24(8-6-23)37-29(26-19-25(22(2)3)27(38)20-28(26)39)32-33-30(37)31(40)42-18-15-35-13-16-41-17-14-35/h5-8,19-20,22,38-39H,4,9-18,21H2,1-3H3. The number of benzene rings is 2. The Bertz CT molecular complexity index is 1340. The van der Waals surface area contributed by atoms with E-state index in [9.17, 15) is 15.0 Å². The minimum Gasteiger partial charge on any atom is -0.508 e. The number of likely N-dealkylation sites (N-methyl/N-ethyl adjacent to an activating group) is 1. The molecule has 2 aromatic carbocycles. The predicted octanol–water partition coefficient (Wildman–Crippen LogP) is 3.10. The van der Waals surface area contributed by atoms with E-state index in [0.29, 0.717) is 36.6 Å². The number of carbonyl (C=O) groups excluding carboxylic acids is 1. The van der Waals surface area contributed by atoms with Crippen LogP contribution in [0.1, 0.15) is 48.4 Å². The van der Waals surface area contributed by atoms with Gasteiger partial charge in [0.2, 0.25) is 5.82 Å². The third kappa shape index (κ3) is 6.92. The molecule has 0 radical (unpaired) electrons. The molecule has 2 fully saturated rings. The fourth-order valence-corrected chi connectivity index (χ4v) is 5.50. The lowest BCUT2D eigenvalue weighted by atomic mass is 9.98. The maximum atomic E-state index is 13.3. The number of carbonyl (C=O) groups is 1. The molecule has 0 spiro atoms.